The molecule has 4 heteroatoms. The predicted molar refractivity (Wildman–Crippen MR) is 78.9 cm³/mol. The van der Waals surface area contributed by atoms with Crippen molar-refractivity contribution in [2.75, 3.05) is 7.11 Å². The molecule has 0 aliphatic carbocycles. The van der Waals surface area contributed by atoms with E-state index < -0.39 is 0 Å². The Labute approximate surface area is 117 Å². The summed E-state index contributed by atoms with van der Waals surface area (Å²) in [6.45, 7) is 0.541. The van der Waals surface area contributed by atoms with Gasteiger partial charge in [0.1, 0.15) is 11.4 Å². The molecule has 2 heterocycles. The van der Waals surface area contributed by atoms with Gasteiger partial charge in [-0.15, -0.1) is 0 Å². The van der Waals surface area contributed by atoms with E-state index in [0.29, 0.717) is 6.54 Å². The minimum atomic E-state index is 0.541. The van der Waals surface area contributed by atoms with Crippen molar-refractivity contribution in [3.8, 4) is 5.75 Å². The van der Waals surface area contributed by atoms with E-state index in [1.54, 1.807) is 7.11 Å². The summed E-state index contributed by atoms with van der Waals surface area (Å²) in [5, 5.41) is 0. The van der Waals surface area contributed by atoms with Crippen molar-refractivity contribution < 1.29 is 4.74 Å². The van der Waals surface area contributed by atoms with Crippen LogP contribution >= 0.6 is 0 Å². The molecule has 0 amide bonds. The Kier molecular flexibility index (Phi) is 3.39. The number of imidazole rings is 1. The predicted octanol–water partition coefficient (Wildman–Crippen LogP) is 2.39. The lowest BCUT2D eigenvalue weighted by molar-refractivity contribution is 0.414. The molecule has 102 valence electrons. The van der Waals surface area contributed by atoms with Gasteiger partial charge < -0.3 is 14.9 Å². The fourth-order valence-corrected chi connectivity index (χ4v) is 2.29. The molecule has 0 spiro atoms. The summed E-state index contributed by atoms with van der Waals surface area (Å²) in [5.41, 5.74) is 9.92. The lowest BCUT2D eigenvalue weighted by atomic mass is 10.1. The van der Waals surface area contributed by atoms with E-state index in [0.717, 1.165) is 29.1 Å². The molecule has 0 radical (unpaired) electrons. The lowest BCUT2D eigenvalue weighted by Gasteiger charge is -2.02. The zero-order valence-corrected chi connectivity index (χ0v) is 11.4. The van der Waals surface area contributed by atoms with E-state index >= 15 is 0 Å². The second-order valence-corrected chi connectivity index (χ2v) is 4.77. The minimum Gasteiger partial charge on any atom is -0.497 e. The molecule has 3 rings (SSSR count). The summed E-state index contributed by atoms with van der Waals surface area (Å²) >= 11 is 0. The SMILES string of the molecule is COc1cccc(Cc2cn3cc(CN)ccc3n2)c1. The summed E-state index contributed by atoms with van der Waals surface area (Å²) < 4.78 is 7.27. The second-order valence-electron chi connectivity index (χ2n) is 4.77. The number of hydrogen-bond acceptors (Lipinski definition) is 3. The molecule has 0 bridgehead atoms. The topological polar surface area (TPSA) is 52.5 Å². The summed E-state index contributed by atoms with van der Waals surface area (Å²) in [4.78, 5) is 4.62. The number of methoxy groups -OCH3 is 1. The normalized spacial score (nSPS) is 10.9. The maximum absolute atomic E-state index is 5.66. The second kappa shape index (κ2) is 5.35. The van der Waals surface area contributed by atoms with E-state index in [-0.39, 0.29) is 0 Å². The summed E-state index contributed by atoms with van der Waals surface area (Å²) in [5.74, 6) is 0.872. The maximum atomic E-state index is 5.66. The Bertz CT molecular complexity index is 733. The summed E-state index contributed by atoms with van der Waals surface area (Å²) in [6, 6.07) is 12.1. The van der Waals surface area contributed by atoms with Crippen molar-refractivity contribution in [2.24, 2.45) is 5.73 Å². The van der Waals surface area contributed by atoms with Crippen LogP contribution in [0.3, 0.4) is 0 Å². The highest BCUT2D eigenvalue weighted by molar-refractivity contribution is 5.42. The molecule has 20 heavy (non-hydrogen) atoms. The minimum absolute atomic E-state index is 0.541. The van der Waals surface area contributed by atoms with Gasteiger partial charge in [-0.3, -0.25) is 0 Å². The molecular weight excluding hydrogens is 250 g/mol. The molecule has 0 atom stereocenters. The molecule has 0 aliphatic heterocycles. The quantitative estimate of drug-likeness (QED) is 0.789. The van der Waals surface area contributed by atoms with Crippen LogP contribution in [-0.2, 0) is 13.0 Å². The first-order chi connectivity index (χ1) is 9.78. The Morgan fingerprint density at radius 1 is 1.15 bits per heavy atom. The van der Waals surface area contributed by atoms with Crippen molar-refractivity contribution in [1.29, 1.82) is 0 Å². The monoisotopic (exact) mass is 267 g/mol. The van der Waals surface area contributed by atoms with E-state index in [9.17, 15) is 0 Å². The number of aromatic nitrogens is 2. The maximum Gasteiger partial charge on any atom is 0.137 e. The molecule has 2 N–H and O–H groups in total. The average molecular weight is 267 g/mol. The highest BCUT2D eigenvalue weighted by atomic mass is 16.5. The summed E-state index contributed by atoms with van der Waals surface area (Å²) in [6.07, 6.45) is 4.86. The van der Waals surface area contributed by atoms with Crippen molar-refractivity contribution in [3.63, 3.8) is 0 Å². The molecule has 1 aromatic carbocycles. The molecule has 0 fully saturated rings. The van der Waals surface area contributed by atoms with Crippen LogP contribution in [0, 0.1) is 0 Å². The van der Waals surface area contributed by atoms with Crippen molar-refractivity contribution in [1.82, 2.24) is 9.38 Å². The van der Waals surface area contributed by atoms with Gasteiger partial charge in [0.25, 0.3) is 0 Å². The smallest absolute Gasteiger partial charge is 0.137 e. The van der Waals surface area contributed by atoms with Crippen LogP contribution < -0.4 is 10.5 Å². The molecule has 4 nitrogen and oxygen atoms in total. The molecule has 0 saturated carbocycles. The third-order valence-corrected chi connectivity index (χ3v) is 3.32. The lowest BCUT2D eigenvalue weighted by Crippen LogP contribution is -1.97. The number of nitrogens with zero attached hydrogens (tertiary/aromatic N) is 2. The Morgan fingerprint density at radius 2 is 2.05 bits per heavy atom. The van der Waals surface area contributed by atoms with Gasteiger partial charge in [-0.25, -0.2) is 4.98 Å². The van der Waals surface area contributed by atoms with Crippen LogP contribution in [0.25, 0.3) is 5.65 Å². The third-order valence-electron chi connectivity index (χ3n) is 3.32. The number of nitrogens with two attached hydrogens (primary N) is 1. The van der Waals surface area contributed by atoms with Gasteiger partial charge in [-0.05, 0) is 29.3 Å². The van der Waals surface area contributed by atoms with Gasteiger partial charge in [0.2, 0.25) is 0 Å². The van der Waals surface area contributed by atoms with Gasteiger partial charge in [0.05, 0.1) is 12.8 Å². The van der Waals surface area contributed by atoms with Crippen LogP contribution in [0.1, 0.15) is 16.8 Å². The Balaban J connectivity index is 1.90. The molecule has 0 aliphatic rings. The van der Waals surface area contributed by atoms with Crippen LogP contribution in [0.2, 0.25) is 0 Å². The Morgan fingerprint density at radius 3 is 2.85 bits per heavy atom. The molecule has 3 aromatic rings. The molecular formula is C16H17N3O. The zero-order valence-electron chi connectivity index (χ0n) is 11.4. The molecule has 2 aromatic heterocycles. The first kappa shape index (κ1) is 12.7. The first-order valence-corrected chi connectivity index (χ1v) is 6.58. The number of hydrogen-bond donors (Lipinski definition) is 1. The van der Waals surface area contributed by atoms with Gasteiger partial charge in [0.15, 0.2) is 0 Å². The number of ether oxygens (including phenoxy) is 1. The summed E-state index contributed by atoms with van der Waals surface area (Å²) in [7, 11) is 1.68. The van der Waals surface area contributed by atoms with E-state index in [4.69, 9.17) is 10.5 Å². The molecule has 0 saturated heterocycles. The number of benzene rings is 1. The third kappa shape index (κ3) is 2.51. The highest BCUT2D eigenvalue weighted by Crippen LogP contribution is 2.16. The molecule has 0 unspecified atom stereocenters. The van der Waals surface area contributed by atoms with Crippen LogP contribution in [0.5, 0.6) is 5.75 Å². The van der Waals surface area contributed by atoms with E-state index in [1.807, 2.05) is 47.1 Å². The van der Waals surface area contributed by atoms with Crippen LogP contribution in [0.15, 0.2) is 48.8 Å². The van der Waals surface area contributed by atoms with Crippen molar-refractivity contribution >= 4 is 5.65 Å². The van der Waals surface area contributed by atoms with Gasteiger partial charge in [0, 0.05) is 25.4 Å². The highest BCUT2D eigenvalue weighted by Gasteiger charge is 2.04. The zero-order chi connectivity index (χ0) is 13.9. The number of rotatable bonds is 4. The number of pyridine rings is 1. The van der Waals surface area contributed by atoms with Crippen LogP contribution in [-0.4, -0.2) is 16.5 Å². The van der Waals surface area contributed by atoms with E-state index in [1.165, 1.54) is 5.56 Å². The number of fused-ring (bicyclic) bond motifs is 1. The standard InChI is InChI=1S/C16H17N3O/c1-20-15-4-2-3-12(8-15)7-14-11-19-10-13(9-17)5-6-16(19)18-14/h2-6,8,10-11H,7,9,17H2,1H3. The average Bonchev–Trinajstić information content (AvgIpc) is 2.88. The van der Waals surface area contributed by atoms with Crippen molar-refractivity contribution in [3.05, 3.63) is 65.6 Å². The van der Waals surface area contributed by atoms with Gasteiger partial charge >= 0.3 is 0 Å². The van der Waals surface area contributed by atoms with Crippen LogP contribution in [0.4, 0.5) is 0 Å². The van der Waals surface area contributed by atoms with E-state index in [2.05, 4.69) is 11.1 Å². The fourth-order valence-electron chi connectivity index (χ4n) is 2.29. The first-order valence-electron chi connectivity index (χ1n) is 6.58. The van der Waals surface area contributed by atoms with Gasteiger partial charge in [-0.2, -0.15) is 0 Å². The Hall–Kier alpha value is -2.33. The van der Waals surface area contributed by atoms with Gasteiger partial charge in [-0.1, -0.05) is 18.2 Å². The largest absolute Gasteiger partial charge is 0.497 e. The fraction of sp³-hybridized carbons (Fsp3) is 0.188. The van der Waals surface area contributed by atoms with Crippen molar-refractivity contribution in [2.45, 2.75) is 13.0 Å².